The van der Waals surface area contributed by atoms with Crippen LogP contribution in [0.3, 0.4) is 0 Å². The van der Waals surface area contributed by atoms with Crippen LogP contribution in [0, 0.1) is 6.92 Å². The van der Waals surface area contributed by atoms with Crippen LogP contribution < -0.4 is 10.5 Å². The fraction of sp³-hybridized carbons (Fsp3) is 0.214. The summed E-state index contributed by atoms with van der Waals surface area (Å²) in [7, 11) is 1.92. The van der Waals surface area contributed by atoms with E-state index in [9.17, 15) is 4.79 Å². The van der Waals surface area contributed by atoms with Crippen molar-refractivity contribution in [2.45, 2.75) is 13.5 Å². The van der Waals surface area contributed by atoms with Crippen molar-refractivity contribution in [3.8, 4) is 0 Å². The van der Waals surface area contributed by atoms with E-state index in [1.54, 1.807) is 6.92 Å². The van der Waals surface area contributed by atoms with Gasteiger partial charge in [-0.1, -0.05) is 30.3 Å². The number of anilines is 1. The van der Waals surface area contributed by atoms with Crippen molar-refractivity contribution in [1.29, 1.82) is 0 Å². The number of nitrogens with zero attached hydrogens (tertiary/aromatic N) is 4. The molecule has 3 aromatic rings. The van der Waals surface area contributed by atoms with Crippen molar-refractivity contribution < 1.29 is 0 Å². The molecule has 1 N–H and O–H groups in total. The minimum Gasteiger partial charge on any atom is -0.340 e. The predicted octanol–water partition coefficient (Wildman–Crippen LogP) is 1.36. The van der Waals surface area contributed by atoms with Crippen LogP contribution in [-0.4, -0.2) is 26.6 Å². The van der Waals surface area contributed by atoms with E-state index in [4.69, 9.17) is 0 Å². The van der Waals surface area contributed by atoms with Crippen molar-refractivity contribution in [2.24, 2.45) is 0 Å². The Balaban J connectivity index is 1.94. The van der Waals surface area contributed by atoms with E-state index in [1.165, 1.54) is 16.1 Å². The van der Waals surface area contributed by atoms with Crippen LogP contribution in [0.2, 0.25) is 0 Å². The first-order valence-electron chi connectivity index (χ1n) is 6.35. The summed E-state index contributed by atoms with van der Waals surface area (Å²) in [4.78, 5) is 22.4. The Hall–Kier alpha value is -2.63. The third kappa shape index (κ3) is 2.27. The molecule has 102 valence electrons. The number of aryl methyl sites for hydroxylation is 1. The van der Waals surface area contributed by atoms with E-state index in [2.05, 4.69) is 15.1 Å². The number of aromatic amines is 1. The maximum absolute atomic E-state index is 11.8. The Bertz CT molecular complexity index is 790. The maximum atomic E-state index is 11.8. The first-order valence-corrected chi connectivity index (χ1v) is 6.35. The average Bonchev–Trinajstić information content (AvgIpc) is 2.84. The lowest BCUT2D eigenvalue weighted by Gasteiger charge is -2.14. The fourth-order valence-electron chi connectivity index (χ4n) is 2.08. The van der Waals surface area contributed by atoms with Crippen LogP contribution in [0.15, 0.2) is 41.2 Å². The van der Waals surface area contributed by atoms with Crippen molar-refractivity contribution in [3.63, 3.8) is 0 Å². The molecular formula is C14H15N5O. The molecule has 0 fully saturated rings. The number of fused-ring (bicyclic) bond motifs is 1. The van der Waals surface area contributed by atoms with E-state index in [-0.39, 0.29) is 5.56 Å². The van der Waals surface area contributed by atoms with Gasteiger partial charge >= 0.3 is 0 Å². The Labute approximate surface area is 115 Å². The smallest absolute Gasteiger partial charge is 0.274 e. The lowest BCUT2D eigenvalue weighted by Crippen LogP contribution is -2.19. The summed E-state index contributed by atoms with van der Waals surface area (Å²) in [5, 5.41) is 2.97. The van der Waals surface area contributed by atoms with Gasteiger partial charge < -0.3 is 4.90 Å². The molecule has 6 heteroatoms. The molecule has 20 heavy (non-hydrogen) atoms. The average molecular weight is 269 g/mol. The topological polar surface area (TPSA) is 66.3 Å². The maximum Gasteiger partial charge on any atom is 0.274 e. The molecule has 0 saturated heterocycles. The zero-order valence-corrected chi connectivity index (χ0v) is 11.4. The summed E-state index contributed by atoms with van der Waals surface area (Å²) in [6.45, 7) is 2.48. The number of aromatic nitrogens is 4. The largest absolute Gasteiger partial charge is 0.340 e. The number of hydrogen-bond donors (Lipinski definition) is 1. The van der Waals surface area contributed by atoms with E-state index in [1.807, 2.05) is 42.3 Å². The summed E-state index contributed by atoms with van der Waals surface area (Å²) < 4.78 is 1.35. The van der Waals surface area contributed by atoms with Crippen LogP contribution in [0.25, 0.3) is 5.78 Å². The van der Waals surface area contributed by atoms with E-state index in [0.29, 0.717) is 24.0 Å². The molecule has 0 amide bonds. The Kier molecular flexibility index (Phi) is 2.98. The minimum absolute atomic E-state index is 0.153. The van der Waals surface area contributed by atoms with Crippen LogP contribution in [0.5, 0.6) is 0 Å². The highest BCUT2D eigenvalue weighted by Crippen LogP contribution is 2.10. The summed E-state index contributed by atoms with van der Waals surface area (Å²) in [6, 6.07) is 11.6. The van der Waals surface area contributed by atoms with Gasteiger partial charge in [-0.05, 0) is 12.5 Å². The summed E-state index contributed by atoms with van der Waals surface area (Å²) >= 11 is 0. The number of rotatable bonds is 3. The first kappa shape index (κ1) is 12.4. The molecule has 3 rings (SSSR count). The van der Waals surface area contributed by atoms with Gasteiger partial charge in [-0.15, -0.1) is 0 Å². The zero-order valence-electron chi connectivity index (χ0n) is 11.4. The molecule has 0 unspecified atom stereocenters. The normalized spacial score (nSPS) is 10.9. The molecule has 0 aliphatic heterocycles. The lowest BCUT2D eigenvalue weighted by molar-refractivity contribution is 0.835. The van der Waals surface area contributed by atoms with Crippen LogP contribution >= 0.6 is 0 Å². The second-order valence-corrected chi connectivity index (χ2v) is 4.76. The van der Waals surface area contributed by atoms with Gasteiger partial charge in [0.25, 0.3) is 11.3 Å². The molecule has 0 aliphatic rings. The van der Waals surface area contributed by atoms with E-state index >= 15 is 0 Å². The quantitative estimate of drug-likeness (QED) is 0.779. The zero-order chi connectivity index (χ0) is 14.1. The van der Waals surface area contributed by atoms with Gasteiger partial charge in [-0.3, -0.25) is 9.89 Å². The molecular weight excluding hydrogens is 254 g/mol. The fourth-order valence-corrected chi connectivity index (χ4v) is 2.08. The van der Waals surface area contributed by atoms with Crippen molar-refractivity contribution >= 4 is 11.7 Å². The molecule has 2 aromatic heterocycles. The Morgan fingerprint density at radius 3 is 2.75 bits per heavy atom. The SMILES string of the molecule is Cc1cc(=O)n2[nH]c(N(C)Cc3ccccc3)nc2n1. The highest BCUT2D eigenvalue weighted by atomic mass is 16.1. The highest BCUT2D eigenvalue weighted by Gasteiger charge is 2.10. The summed E-state index contributed by atoms with van der Waals surface area (Å²) in [5.41, 5.74) is 1.69. The first-order chi connectivity index (χ1) is 9.63. The number of benzene rings is 1. The standard InChI is InChI=1S/C14H15N5O/c1-10-8-12(20)19-13(15-10)16-14(17-19)18(2)9-11-6-4-3-5-7-11/h3-8H,9H2,1-2H3,(H,15,16,17). The van der Waals surface area contributed by atoms with Gasteiger partial charge in [-0.25, -0.2) is 4.98 Å². The third-order valence-electron chi connectivity index (χ3n) is 3.07. The van der Waals surface area contributed by atoms with Crippen molar-refractivity contribution in [3.05, 3.63) is 58.0 Å². The van der Waals surface area contributed by atoms with Crippen LogP contribution in [-0.2, 0) is 6.54 Å². The molecule has 0 aliphatic carbocycles. The van der Waals surface area contributed by atoms with Gasteiger partial charge in [-0.2, -0.15) is 9.50 Å². The molecule has 1 aromatic carbocycles. The summed E-state index contributed by atoms with van der Waals surface area (Å²) in [5.74, 6) is 1.01. The van der Waals surface area contributed by atoms with E-state index in [0.717, 1.165) is 0 Å². The van der Waals surface area contributed by atoms with Gasteiger partial charge in [0.05, 0.1) is 0 Å². The summed E-state index contributed by atoms with van der Waals surface area (Å²) in [6.07, 6.45) is 0. The number of hydrogen-bond acceptors (Lipinski definition) is 4. The van der Waals surface area contributed by atoms with Crippen molar-refractivity contribution in [1.82, 2.24) is 19.6 Å². The second-order valence-electron chi connectivity index (χ2n) is 4.76. The molecule has 0 saturated carbocycles. The molecule has 0 bridgehead atoms. The van der Waals surface area contributed by atoms with Crippen LogP contribution in [0.4, 0.5) is 5.95 Å². The minimum atomic E-state index is -0.153. The van der Waals surface area contributed by atoms with E-state index < -0.39 is 0 Å². The van der Waals surface area contributed by atoms with Crippen molar-refractivity contribution in [2.75, 3.05) is 11.9 Å². The molecule has 2 heterocycles. The number of nitrogens with one attached hydrogen (secondary N) is 1. The lowest BCUT2D eigenvalue weighted by atomic mass is 10.2. The highest BCUT2D eigenvalue weighted by molar-refractivity contribution is 5.39. The Morgan fingerprint density at radius 2 is 2.00 bits per heavy atom. The Morgan fingerprint density at radius 1 is 1.25 bits per heavy atom. The molecule has 6 nitrogen and oxygen atoms in total. The predicted molar refractivity (Wildman–Crippen MR) is 76.9 cm³/mol. The number of H-pyrrole nitrogens is 1. The molecule has 0 spiro atoms. The molecule has 0 atom stereocenters. The van der Waals surface area contributed by atoms with Gasteiger partial charge in [0, 0.05) is 25.4 Å². The monoisotopic (exact) mass is 269 g/mol. The van der Waals surface area contributed by atoms with Gasteiger partial charge in [0.15, 0.2) is 0 Å². The van der Waals surface area contributed by atoms with Crippen LogP contribution in [0.1, 0.15) is 11.3 Å². The van der Waals surface area contributed by atoms with Gasteiger partial charge in [0.2, 0.25) is 5.95 Å². The van der Waals surface area contributed by atoms with Gasteiger partial charge in [0.1, 0.15) is 0 Å². The second kappa shape index (κ2) is 4.80. The molecule has 0 radical (unpaired) electrons. The third-order valence-corrected chi connectivity index (χ3v) is 3.07.